The predicted molar refractivity (Wildman–Crippen MR) is 74.2 cm³/mol. The molecular formula is C14H10FNO3S. The molecule has 0 aliphatic heterocycles. The van der Waals surface area contributed by atoms with Crippen molar-refractivity contribution in [1.82, 2.24) is 4.90 Å². The van der Waals surface area contributed by atoms with Gasteiger partial charge < -0.3 is 10.0 Å². The Kier molecular flexibility index (Phi) is 4.01. The highest BCUT2D eigenvalue weighted by Gasteiger charge is 2.19. The molecule has 1 heterocycles. The van der Waals surface area contributed by atoms with E-state index in [2.05, 4.69) is 5.92 Å². The van der Waals surface area contributed by atoms with Crippen molar-refractivity contribution in [3.05, 3.63) is 35.0 Å². The van der Waals surface area contributed by atoms with Crippen LogP contribution in [-0.2, 0) is 4.79 Å². The molecule has 0 radical (unpaired) electrons. The third kappa shape index (κ3) is 2.95. The lowest BCUT2D eigenvalue weighted by molar-refractivity contribution is -0.137. The van der Waals surface area contributed by atoms with Gasteiger partial charge in [0.2, 0.25) is 0 Å². The second kappa shape index (κ2) is 5.72. The third-order valence-electron chi connectivity index (χ3n) is 2.59. The van der Waals surface area contributed by atoms with Gasteiger partial charge in [-0.2, -0.15) is 0 Å². The molecule has 0 saturated heterocycles. The molecule has 0 bridgehead atoms. The van der Waals surface area contributed by atoms with Gasteiger partial charge in [0.25, 0.3) is 5.91 Å². The number of carboxylic acid groups (broad SMARTS) is 1. The average molecular weight is 291 g/mol. The first-order chi connectivity index (χ1) is 9.51. The molecule has 102 valence electrons. The molecule has 4 nitrogen and oxygen atoms in total. The van der Waals surface area contributed by atoms with Crippen molar-refractivity contribution >= 4 is 33.3 Å². The van der Waals surface area contributed by atoms with Crippen LogP contribution in [0.2, 0.25) is 0 Å². The van der Waals surface area contributed by atoms with Crippen LogP contribution in [0.15, 0.2) is 24.3 Å². The Balaban J connectivity index is 2.33. The number of hydrogen-bond donors (Lipinski definition) is 1. The maximum atomic E-state index is 13.1. The van der Waals surface area contributed by atoms with Crippen LogP contribution in [0.3, 0.4) is 0 Å². The summed E-state index contributed by atoms with van der Waals surface area (Å²) in [6, 6.07) is 5.81. The number of thiophene rings is 1. The Bertz CT molecular complexity index is 717. The first-order valence-electron chi connectivity index (χ1n) is 5.65. The van der Waals surface area contributed by atoms with E-state index in [0.717, 1.165) is 21.6 Å². The number of hydrogen-bond acceptors (Lipinski definition) is 3. The summed E-state index contributed by atoms with van der Waals surface area (Å²) in [7, 11) is 0. The van der Waals surface area contributed by atoms with Crippen molar-refractivity contribution in [2.45, 2.75) is 0 Å². The number of amides is 1. The molecular weight excluding hydrogens is 281 g/mol. The summed E-state index contributed by atoms with van der Waals surface area (Å²) in [6.07, 6.45) is 5.13. The van der Waals surface area contributed by atoms with E-state index < -0.39 is 18.4 Å². The predicted octanol–water partition coefficient (Wildman–Crippen LogP) is 2.20. The zero-order valence-corrected chi connectivity index (χ0v) is 11.1. The molecule has 1 aromatic heterocycles. The molecule has 0 atom stereocenters. The first kappa shape index (κ1) is 14.0. The first-order valence-corrected chi connectivity index (χ1v) is 6.46. The van der Waals surface area contributed by atoms with Gasteiger partial charge >= 0.3 is 5.97 Å². The van der Waals surface area contributed by atoms with E-state index in [-0.39, 0.29) is 12.4 Å². The van der Waals surface area contributed by atoms with Gasteiger partial charge in [-0.25, -0.2) is 4.39 Å². The lowest BCUT2D eigenvalue weighted by Crippen LogP contribution is -2.35. The van der Waals surface area contributed by atoms with Crippen LogP contribution < -0.4 is 0 Å². The minimum atomic E-state index is -1.14. The Hall–Kier alpha value is -2.39. The van der Waals surface area contributed by atoms with E-state index in [1.54, 1.807) is 12.1 Å². The Morgan fingerprint density at radius 1 is 1.40 bits per heavy atom. The van der Waals surface area contributed by atoms with Gasteiger partial charge in [-0.1, -0.05) is 12.0 Å². The number of halogens is 1. The second-order valence-electron chi connectivity index (χ2n) is 4.05. The van der Waals surface area contributed by atoms with E-state index in [1.165, 1.54) is 12.1 Å². The van der Waals surface area contributed by atoms with Gasteiger partial charge in [-0.05, 0) is 23.6 Å². The number of nitrogens with zero attached hydrogens (tertiary/aromatic N) is 1. The standard InChI is InChI=1S/C14H10FNO3S/c1-2-5-16(8-13(17)18)14(19)12-6-9-3-4-10(15)7-11(9)20-12/h1,3-4,6-7H,5,8H2,(H,17,18). The number of carboxylic acids is 1. The minimum Gasteiger partial charge on any atom is -0.480 e. The van der Waals surface area contributed by atoms with Gasteiger partial charge in [-0.15, -0.1) is 17.8 Å². The number of carbonyl (C=O) groups excluding carboxylic acids is 1. The molecule has 0 fully saturated rings. The Morgan fingerprint density at radius 2 is 2.15 bits per heavy atom. The highest BCUT2D eigenvalue weighted by atomic mass is 32.1. The van der Waals surface area contributed by atoms with Crippen LogP contribution in [-0.4, -0.2) is 35.0 Å². The van der Waals surface area contributed by atoms with E-state index >= 15 is 0 Å². The van der Waals surface area contributed by atoms with E-state index in [1.807, 2.05) is 0 Å². The molecule has 0 aliphatic rings. The fourth-order valence-electron chi connectivity index (χ4n) is 1.74. The number of rotatable bonds is 4. The van der Waals surface area contributed by atoms with E-state index in [0.29, 0.717) is 9.58 Å². The molecule has 1 amide bonds. The number of fused-ring (bicyclic) bond motifs is 1. The quantitative estimate of drug-likeness (QED) is 0.879. The molecule has 1 aromatic carbocycles. The van der Waals surface area contributed by atoms with Crippen LogP contribution in [0.25, 0.3) is 10.1 Å². The normalized spacial score (nSPS) is 10.2. The summed E-state index contributed by atoms with van der Waals surface area (Å²) in [6.45, 7) is -0.556. The molecule has 2 rings (SSSR count). The van der Waals surface area contributed by atoms with Crippen LogP contribution in [0.1, 0.15) is 9.67 Å². The van der Waals surface area contributed by atoms with E-state index in [9.17, 15) is 14.0 Å². The highest BCUT2D eigenvalue weighted by molar-refractivity contribution is 7.20. The molecule has 2 aromatic rings. The lowest BCUT2D eigenvalue weighted by atomic mass is 10.2. The monoisotopic (exact) mass is 291 g/mol. The molecule has 6 heteroatoms. The van der Waals surface area contributed by atoms with Gasteiger partial charge in [0.15, 0.2) is 0 Å². The largest absolute Gasteiger partial charge is 0.480 e. The third-order valence-corrected chi connectivity index (χ3v) is 3.67. The summed E-state index contributed by atoms with van der Waals surface area (Å²) < 4.78 is 13.7. The zero-order chi connectivity index (χ0) is 14.7. The maximum absolute atomic E-state index is 13.1. The van der Waals surface area contributed by atoms with Crippen molar-refractivity contribution in [2.75, 3.05) is 13.1 Å². The second-order valence-corrected chi connectivity index (χ2v) is 5.14. The average Bonchev–Trinajstić information content (AvgIpc) is 2.79. The number of terminal acetylenes is 1. The summed E-state index contributed by atoms with van der Waals surface area (Å²) >= 11 is 1.11. The summed E-state index contributed by atoms with van der Waals surface area (Å²) in [5.41, 5.74) is 0. The number of aliphatic carboxylic acids is 1. The van der Waals surface area contributed by atoms with Gasteiger partial charge in [0.05, 0.1) is 11.4 Å². The SMILES string of the molecule is C#CCN(CC(=O)O)C(=O)c1cc2ccc(F)cc2s1. The van der Waals surface area contributed by atoms with Crippen molar-refractivity contribution in [2.24, 2.45) is 0 Å². The fraction of sp³-hybridized carbons (Fsp3) is 0.143. The molecule has 1 N–H and O–H groups in total. The molecule has 0 saturated carbocycles. The molecule has 0 unspecified atom stereocenters. The number of carbonyl (C=O) groups is 2. The van der Waals surface area contributed by atoms with E-state index in [4.69, 9.17) is 11.5 Å². The highest BCUT2D eigenvalue weighted by Crippen LogP contribution is 2.27. The Morgan fingerprint density at radius 3 is 2.80 bits per heavy atom. The van der Waals surface area contributed by atoms with Crippen LogP contribution in [0, 0.1) is 18.2 Å². The van der Waals surface area contributed by atoms with Crippen molar-refractivity contribution < 1.29 is 19.1 Å². The zero-order valence-electron chi connectivity index (χ0n) is 10.3. The molecule has 20 heavy (non-hydrogen) atoms. The van der Waals surface area contributed by atoms with Crippen LogP contribution in [0.5, 0.6) is 0 Å². The van der Waals surface area contributed by atoms with Crippen molar-refractivity contribution in [3.63, 3.8) is 0 Å². The lowest BCUT2D eigenvalue weighted by Gasteiger charge is -2.16. The van der Waals surface area contributed by atoms with Crippen LogP contribution >= 0.6 is 11.3 Å². The van der Waals surface area contributed by atoms with Crippen LogP contribution in [0.4, 0.5) is 4.39 Å². The van der Waals surface area contributed by atoms with Crippen molar-refractivity contribution in [3.8, 4) is 12.3 Å². The molecule has 0 aliphatic carbocycles. The van der Waals surface area contributed by atoms with Gasteiger partial charge in [0, 0.05) is 4.70 Å². The number of benzene rings is 1. The summed E-state index contributed by atoms with van der Waals surface area (Å²) in [5, 5.41) is 9.51. The van der Waals surface area contributed by atoms with Crippen molar-refractivity contribution in [1.29, 1.82) is 0 Å². The molecule has 0 spiro atoms. The minimum absolute atomic E-state index is 0.0895. The summed E-state index contributed by atoms with van der Waals surface area (Å²) in [4.78, 5) is 24.3. The van der Waals surface area contributed by atoms with Gasteiger partial charge in [0.1, 0.15) is 12.4 Å². The topological polar surface area (TPSA) is 57.6 Å². The van der Waals surface area contributed by atoms with Gasteiger partial charge in [-0.3, -0.25) is 9.59 Å². The smallest absolute Gasteiger partial charge is 0.323 e. The Labute approximate surface area is 118 Å². The summed E-state index contributed by atoms with van der Waals surface area (Å²) in [5.74, 6) is 0.264. The fourth-order valence-corrected chi connectivity index (χ4v) is 2.79. The maximum Gasteiger partial charge on any atom is 0.323 e.